The standard InChI is InChI=1S/C17H21NO6/c1-5-16(2,3)14(20)23-11-8-6-9-12(11)24-15(21)17(9,7-18)10(8)13(19)22-4/h8-12H,5-6H2,1-4H3. The molecular weight excluding hydrogens is 314 g/mol. The fraction of sp³-hybridized carbons (Fsp3) is 0.765. The lowest BCUT2D eigenvalue weighted by Gasteiger charge is -2.34. The number of fused-ring (bicyclic) bond motifs is 1. The van der Waals surface area contributed by atoms with Crippen LogP contribution in [0.15, 0.2) is 0 Å². The van der Waals surface area contributed by atoms with E-state index in [4.69, 9.17) is 14.2 Å². The molecule has 6 atom stereocenters. The maximum absolute atomic E-state index is 12.4. The lowest BCUT2D eigenvalue weighted by atomic mass is 9.67. The Balaban J connectivity index is 1.95. The summed E-state index contributed by atoms with van der Waals surface area (Å²) < 4.78 is 15.8. The second-order valence-electron chi connectivity index (χ2n) is 7.46. The molecule has 0 amide bonds. The molecule has 2 aliphatic carbocycles. The van der Waals surface area contributed by atoms with E-state index in [-0.39, 0.29) is 0 Å². The Morgan fingerprint density at radius 3 is 2.67 bits per heavy atom. The van der Waals surface area contributed by atoms with Gasteiger partial charge in [0.25, 0.3) is 0 Å². The molecule has 0 aromatic carbocycles. The molecule has 1 heterocycles. The molecule has 7 heteroatoms. The summed E-state index contributed by atoms with van der Waals surface area (Å²) in [6.45, 7) is 5.44. The minimum absolute atomic E-state index is 0.392. The predicted octanol–water partition coefficient (Wildman–Crippen LogP) is 1.21. The molecule has 6 unspecified atom stereocenters. The molecule has 0 spiro atoms. The SMILES string of the molecule is CCC(C)(C)C(=O)OC1C2CC3C1OC(=O)C3(C#N)C2C(=O)OC. The number of ether oxygens (including phenoxy) is 3. The third-order valence-electron chi connectivity index (χ3n) is 6.07. The number of carbonyl (C=O) groups excluding carboxylic acids is 3. The van der Waals surface area contributed by atoms with Gasteiger partial charge in [0.1, 0.15) is 12.2 Å². The summed E-state index contributed by atoms with van der Waals surface area (Å²) >= 11 is 0. The first-order valence-corrected chi connectivity index (χ1v) is 8.15. The van der Waals surface area contributed by atoms with Crippen LogP contribution in [0.3, 0.4) is 0 Å². The van der Waals surface area contributed by atoms with Crippen LogP contribution in [-0.2, 0) is 28.6 Å². The highest BCUT2D eigenvalue weighted by atomic mass is 16.6. The van der Waals surface area contributed by atoms with Gasteiger partial charge in [-0.15, -0.1) is 0 Å². The number of hydrogen-bond acceptors (Lipinski definition) is 7. The minimum atomic E-state index is -1.51. The Morgan fingerprint density at radius 2 is 2.12 bits per heavy atom. The van der Waals surface area contributed by atoms with Crippen LogP contribution in [0.5, 0.6) is 0 Å². The highest BCUT2D eigenvalue weighted by molar-refractivity contribution is 5.92. The molecule has 3 aliphatic rings. The summed E-state index contributed by atoms with van der Waals surface area (Å²) in [5, 5.41) is 9.62. The summed E-state index contributed by atoms with van der Waals surface area (Å²) in [7, 11) is 1.22. The number of nitrogens with zero attached hydrogens (tertiary/aromatic N) is 1. The van der Waals surface area contributed by atoms with E-state index in [1.54, 1.807) is 13.8 Å². The normalized spacial score (nSPS) is 39.3. The fourth-order valence-electron chi connectivity index (χ4n) is 4.29. The molecule has 130 valence electrons. The Morgan fingerprint density at radius 1 is 1.46 bits per heavy atom. The maximum Gasteiger partial charge on any atom is 0.328 e. The zero-order valence-corrected chi connectivity index (χ0v) is 14.2. The first kappa shape index (κ1) is 16.7. The van der Waals surface area contributed by atoms with Gasteiger partial charge in [-0.3, -0.25) is 14.4 Å². The predicted molar refractivity (Wildman–Crippen MR) is 79.0 cm³/mol. The second kappa shape index (κ2) is 5.20. The van der Waals surface area contributed by atoms with E-state index in [1.165, 1.54) is 7.11 Å². The molecule has 0 N–H and O–H groups in total. The van der Waals surface area contributed by atoms with Crippen molar-refractivity contribution in [3.63, 3.8) is 0 Å². The van der Waals surface area contributed by atoms with E-state index in [1.807, 2.05) is 13.0 Å². The highest BCUT2D eigenvalue weighted by Gasteiger charge is 2.79. The summed E-state index contributed by atoms with van der Waals surface area (Å²) in [4.78, 5) is 37.1. The lowest BCUT2D eigenvalue weighted by Crippen LogP contribution is -2.50. The topological polar surface area (TPSA) is 103 Å². The maximum atomic E-state index is 12.4. The third kappa shape index (κ3) is 1.86. The summed E-state index contributed by atoms with van der Waals surface area (Å²) in [5.41, 5.74) is -2.18. The molecule has 3 rings (SSSR count). The Bertz CT molecular complexity index is 650. The van der Waals surface area contributed by atoms with E-state index < -0.39 is 58.7 Å². The minimum Gasteiger partial charge on any atom is -0.469 e. The molecule has 2 saturated carbocycles. The van der Waals surface area contributed by atoms with Crippen LogP contribution in [0, 0.1) is 39.9 Å². The average molecular weight is 335 g/mol. The Hall–Kier alpha value is -2.10. The molecule has 7 nitrogen and oxygen atoms in total. The van der Waals surface area contributed by atoms with Gasteiger partial charge in [-0.2, -0.15) is 5.26 Å². The molecule has 3 fully saturated rings. The van der Waals surface area contributed by atoms with Crippen molar-refractivity contribution in [3.8, 4) is 6.07 Å². The van der Waals surface area contributed by atoms with Crippen molar-refractivity contribution in [2.45, 2.75) is 45.8 Å². The molecule has 1 saturated heterocycles. The molecule has 2 bridgehead atoms. The number of rotatable bonds is 4. The van der Waals surface area contributed by atoms with Crippen LogP contribution in [0.25, 0.3) is 0 Å². The van der Waals surface area contributed by atoms with Crippen molar-refractivity contribution >= 4 is 17.9 Å². The van der Waals surface area contributed by atoms with E-state index in [0.29, 0.717) is 12.8 Å². The van der Waals surface area contributed by atoms with Crippen molar-refractivity contribution < 1.29 is 28.6 Å². The third-order valence-corrected chi connectivity index (χ3v) is 6.07. The second-order valence-corrected chi connectivity index (χ2v) is 7.46. The van der Waals surface area contributed by atoms with Crippen LogP contribution < -0.4 is 0 Å². The zero-order chi connectivity index (χ0) is 17.9. The smallest absolute Gasteiger partial charge is 0.328 e. The van der Waals surface area contributed by atoms with Gasteiger partial charge < -0.3 is 14.2 Å². The van der Waals surface area contributed by atoms with Crippen LogP contribution in [0.2, 0.25) is 0 Å². The summed E-state index contributed by atoms with van der Waals surface area (Å²) in [5.74, 6) is -3.55. The number of hydrogen-bond donors (Lipinski definition) is 0. The van der Waals surface area contributed by atoms with Crippen molar-refractivity contribution in [2.75, 3.05) is 7.11 Å². The largest absolute Gasteiger partial charge is 0.469 e. The molecule has 0 aromatic heterocycles. The zero-order valence-electron chi connectivity index (χ0n) is 14.2. The Kier molecular flexibility index (Phi) is 3.63. The Labute approximate surface area is 140 Å². The van der Waals surface area contributed by atoms with Gasteiger partial charge in [0.05, 0.1) is 24.5 Å². The van der Waals surface area contributed by atoms with Crippen LogP contribution in [0.1, 0.15) is 33.6 Å². The molecule has 1 aliphatic heterocycles. The van der Waals surface area contributed by atoms with Gasteiger partial charge in [-0.25, -0.2) is 0 Å². The first-order chi connectivity index (χ1) is 11.2. The van der Waals surface area contributed by atoms with Crippen molar-refractivity contribution in [1.29, 1.82) is 5.26 Å². The van der Waals surface area contributed by atoms with Gasteiger partial charge in [-0.1, -0.05) is 6.92 Å². The van der Waals surface area contributed by atoms with Gasteiger partial charge >= 0.3 is 17.9 Å². The average Bonchev–Trinajstić information content (AvgIpc) is 3.14. The first-order valence-electron chi connectivity index (χ1n) is 8.15. The fourth-order valence-corrected chi connectivity index (χ4v) is 4.29. The molecule has 0 aromatic rings. The van der Waals surface area contributed by atoms with Crippen LogP contribution >= 0.6 is 0 Å². The van der Waals surface area contributed by atoms with Gasteiger partial charge in [0.15, 0.2) is 5.41 Å². The quantitative estimate of drug-likeness (QED) is 0.562. The van der Waals surface area contributed by atoms with Crippen molar-refractivity contribution in [3.05, 3.63) is 0 Å². The number of carbonyl (C=O) groups is 3. The molecule has 0 radical (unpaired) electrons. The van der Waals surface area contributed by atoms with Crippen molar-refractivity contribution in [1.82, 2.24) is 0 Å². The van der Waals surface area contributed by atoms with E-state index in [0.717, 1.165) is 0 Å². The van der Waals surface area contributed by atoms with E-state index >= 15 is 0 Å². The number of methoxy groups -OCH3 is 1. The van der Waals surface area contributed by atoms with Gasteiger partial charge in [0.2, 0.25) is 0 Å². The van der Waals surface area contributed by atoms with Crippen molar-refractivity contribution in [2.24, 2.45) is 28.6 Å². The number of nitriles is 1. The monoisotopic (exact) mass is 335 g/mol. The van der Waals surface area contributed by atoms with Gasteiger partial charge in [-0.05, 0) is 26.7 Å². The number of esters is 3. The van der Waals surface area contributed by atoms with E-state index in [9.17, 15) is 19.6 Å². The highest BCUT2D eigenvalue weighted by Crippen LogP contribution is 2.65. The van der Waals surface area contributed by atoms with Crippen LogP contribution in [0.4, 0.5) is 0 Å². The molecular formula is C17H21NO6. The van der Waals surface area contributed by atoms with E-state index in [2.05, 4.69) is 0 Å². The summed E-state index contributed by atoms with van der Waals surface area (Å²) in [6.07, 6.45) is -0.321. The summed E-state index contributed by atoms with van der Waals surface area (Å²) in [6, 6.07) is 2.01. The lowest BCUT2D eigenvalue weighted by molar-refractivity contribution is -0.173. The molecule has 24 heavy (non-hydrogen) atoms. The van der Waals surface area contributed by atoms with Gasteiger partial charge in [0, 0.05) is 11.8 Å². The van der Waals surface area contributed by atoms with Crippen LogP contribution in [-0.4, -0.2) is 37.2 Å².